The van der Waals surface area contributed by atoms with Crippen molar-refractivity contribution in [1.29, 1.82) is 0 Å². The molecule has 1 aromatic carbocycles. The quantitative estimate of drug-likeness (QED) is 0.754. The Bertz CT molecular complexity index is 449. The lowest BCUT2D eigenvalue weighted by molar-refractivity contribution is 0.621. The molecule has 0 radical (unpaired) electrons. The molecule has 0 spiro atoms. The Balaban J connectivity index is 2.56. The molecule has 78 valence electrons. The van der Waals surface area contributed by atoms with Gasteiger partial charge < -0.3 is 0 Å². The summed E-state index contributed by atoms with van der Waals surface area (Å²) < 4.78 is 14.8. The van der Waals surface area contributed by atoms with Crippen LogP contribution in [0.1, 0.15) is 25.3 Å². The van der Waals surface area contributed by atoms with Gasteiger partial charge in [-0.15, -0.1) is 5.10 Å². The summed E-state index contributed by atoms with van der Waals surface area (Å²) in [5.74, 6) is 0.0301. The molecule has 0 saturated carbocycles. The van der Waals surface area contributed by atoms with E-state index >= 15 is 0 Å². The molecule has 4 heteroatoms. The van der Waals surface area contributed by atoms with E-state index in [1.54, 1.807) is 29.2 Å². The lowest BCUT2D eigenvalue weighted by atomic mass is 10.0. The second-order valence-electron chi connectivity index (χ2n) is 3.71. The summed E-state index contributed by atoms with van der Waals surface area (Å²) in [5.41, 5.74) is 1.81. The molecule has 0 unspecified atom stereocenters. The Morgan fingerprint density at radius 1 is 1.33 bits per heavy atom. The van der Waals surface area contributed by atoms with Crippen molar-refractivity contribution >= 4 is 0 Å². The van der Waals surface area contributed by atoms with Crippen molar-refractivity contribution in [3.63, 3.8) is 0 Å². The predicted molar refractivity (Wildman–Crippen MR) is 55.4 cm³/mol. The standard InChI is InChI=1S/C11H12FN3/c1-8(2)10-7-9(12)3-4-11(10)15-6-5-13-14-15/h3-8H,1-2H3. The molecule has 0 aliphatic carbocycles. The first kappa shape index (κ1) is 9.83. The minimum Gasteiger partial charge on any atom is -0.220 e. The van der Waals surface area contributed by atoms with E-state index in [0.29, 0.717) is 0 Å². The van der Waals surface area contributed by atoms with E-state index in [2.05, 4.69) is 10.3 Å². The van der Waals surface area contributed by atoms with Crippen molar-refractivity contribution in [3.8, 4) is 5.69 Å². The van der Waals surface area contributed by atoms with E-state index in [1.165, 1.54) is 6.07 Å². The fourth-order valence-corrected chi connectivity index (χ4v) is 1.53. The number of rotatable bonds is 2. The molecule has 1 heterocycles. The molecule has 0 atom stereocenters. The normalized spacial score (nSPS) is 10.9. The first-order valence-electron chi connectivity index (χ1n) is 4.84. The third kappa shape index (κ3) is 1.88. The Kier molecular flexibility index (Phi) is 2.49. The number of benzene rings is 1. The van der Waals surface area contributed by atoms with Crippen LogP contribution in [-0.2, 0) is 0 Å². The van der Waals surface area contributed by atoms with Gasteiger partial charge in [0.25, 0.3) is 0 Å². The van der Waals surface area contributed by atoms with Crippen LogP contribution >= 0.6 is 0 Å². The number of nitrogens with zero attached hydrogens (tertiary/aromatic N) is 3. The van der Waals surface area contributed by atoms with Crippen LogP contribution in [0.4, 0.5) is 4.39 Å². The molecular formula is C11H12FN3. The Labute approximate surface area is 87.5 Å². The topological polar surface area (TPSA) is 30.7 Å². The predicted octanol–water partition coefficient (Wildman–Crippen LogP) is 2.53. The minimum atomic E-state index is -0.220. The molecular weight excluding hydrogens is 193 g/mol. The average molecular weight is 205 g/mol. The van der Waals surface area contributed by atoms with Gasteiger partial charge in [0.15, 0.2) is 0 Å². The van der Waals surface area contributed by atoms with Crippen molar-refractivity contribution in [1.82, 2.24) is 15.0 Å². The molecule has 2 rings (SSSR count). The van der Waals surface area contributed by atoms with Crippen LogP contribution in [0.25, 0.3) is 5.69 Å². The monoisotopic (exact) mass is 205 g/mol. The van der Waals surface area contributed by atoms with Gasteiger partial charge in [0, 0.05) is 0 Å². The molecule has 0 amide bonds. The Hall–Kier alpha value is -1.71. The number of aromatic nitrogens is 3. The maximum Gasteiger partial charge on any atom is 0.123 e. The van der Waals surface area contributed by atoms with E-state index < -0.39 is 0 Å². The molecule has 0 aliphatic heterocycles. The van der Waals surface area contributed by atoms with Gasteiger partial charge in [-0.1, -0.05) is 19.1 Å². The number of hydrogen-bond donors (Lipinski definition) is 0. The number of halogens is 1. The second kappa shape index (κ2) is 3.81. The van der Waals surface area contributed by atoms with Crippen molar-refractivity contribution in [2.75, 3.05) is 0 Å². The SMILES string of the molecule is CC(C)c1cc(F)ccc1-n1ccnn1. The van der Waals surface area contributed by atoms with Crippen molar-refractivity contribution < 1.29 is 4.39 Å². The molecule has 1 aromatic heterocycles. The highest BCUT2D eigenvalue weighted by Crippen LogP contribution is 2.23. The highest BCUT2D eigenvalue weighted by atomic mass is 19.1. The molecule has 0 aliphatic rings. The van der Waals surface area contributed by atoms with Crippen molar-refractivity contribution in [2.24, 2.45) is 0 Å². The summed E-state index contributed by atoms with van der Waals surface area (Å²) in [6.07, 6.45) is 3.35. The molecule has 2 aromatic rings. The second-order valence-corrected chi connectivity index (χ2v) is 3.71. The summed E-state index contributed by atoms with van der Waals surface area (Å²) in [4.78, 5) is 0. The van der Waals surface area contributed by atoms with Gasteiger partial charge in [-0.3, -0.25) is 0 Å². The first-order chi connectivity index (χ1) is 7.18. The van der Waals surface area contributed by atoms with E-state index in [0.717, 1.165) is 11.3 Å². The molecule has 3 nitrogen and oxygen atoms in total. The zero-order chi connectivity index (χ0) is 10.8. The highest BCUT2D eigenvalue weighted by Gasteiger charge is 2.09. The van der Waals surface area contributed by atoms with E-state index in [4.69, 9.17) is 0 Å². The van der Waals surface area contributed by atoms with Crippen LogP contribution in [0.2, 0.25) is 0 Å². The van der Waals surface area contributed by atoms with Crippen molar-refractivity contribution in [2.45, 2.75) is 19.8 Å². The minimum absolute atomic E-state index is 0.220. The average Bonchev–Trinajstić information content (AvgIpc) is 2.70. The van der Waals surface area contributed by atoms with Crippen LogP contribution in [-0.4, -0.2) is 15.0 Å². The maximum absolute atomic E-state index is 13.1. The summed E-state index contributed by atoms with van der Waals surface area (Å²) in [5, 5.41) is 7.64. The lowest BCUT2D eigenvalue weighted by Crippen LogP contribution is -2.02. The van der Waals surface area contributed by atoms with Gasteiger partial charge in [-0.2, -0.15) is 0 Å². The van der Waals surface area contributed by atoms with E-state index in [1.807, 2.05) is 13.8 Å². The number of hydrogen-bond acceptors (Lipinski definition) is 2. The summed E-state index contributed by atoms with van der Waals surface area (Å²) in [7, 11) is 0. The lowest BCUT2D eigenvalue weighted by Gasteiger charge is -2.11. The summed E-state index contributed by atoms with van der Waals surface area (Å²) in [6, 6.07) is 4.70. The van der Waals surface area contributed by atoms with Gasteiger partial charge in [-0.25, -0.2) is 9.07 Å². The summed E-state index contributed by atoms with van der Waals surface area (Å²) in [6.45, 7) is 4.05. The highest BCUT2D eigenvalue weighted by molar-refractivity contribution is 5.42. The molecule has 0 saturated heterocycles. The van der Waals surface area contributed by atoms with E-state index in [9.17, 15) is 4.39 Å². The van der Waals surface area contributed by atoms with Gasteiger partial charge in [-0.05, 0) is 29.7 Å². The summed E-state index contributed by atoms with van der Waals surface area (Å²) >= 11 is 0. The molecule has 15 heavy (non-hydrogen) atoms. The zero-order valence-corrected chi connectivity index (χ0v) is 8.68. The molecule has 0 N–H and O–H groups in total. The fourth-order valence-electron chi connectivity index (χ4n) is 1.53. The van der Waals surface area contributed by atoms with Crippen LogP contribution in [0.3, 0.4) is 0 Å². The largest absolute Gasteiger partial charge is 0.220 e. The maximum atomic E-state index is 13.1. The van der Waals surface area contributed by atoms with Crippen molar-refractivity contribution in [3.05, 3.63) is 42.0 Å². The third-order valence-electron chi connectivity index (χ3n) is 2.28. The third-order valence-corrected chi connectivity index (χ3v) is 2.28. The Morgan fingerprint density at radius 3 is 2.73 bits per heavy atom. The first-order valence-corrected chi connectivity index (χ1v) is 4.84. The zero-order valence-electron chi connectivity index (χ0n) is 8.68. The van der Waals surface area contributed by atoms with Gasteiger partial charge >= 0.3 is 0 Å². The Morgan fingerprint density at radius 2 is 2.13 bits per heavy atom. The van der Waals surface area contributed by atoms with Crippen LogP contribution in [0.15, 0.2) is 30.6 Å². The van der Waals surface area contributed by atoms with Crippen LogP contribution in [0, 0.1) is 5.82 Å². The van der Waals surface area contributed by atoms with Crippen LogP contribution in [0.5, 0.6) is 0 Å². The van der Waals surface area contributed by atoms with Crippen LogP contribution < -0.4 is 0 Å². The van der Waals surface area contributed by atoms with E-state index in [-0.39, 0.29) is 11.7 Å². The molecule has 0 bridgehead atoms. The van der Waals surface area contributed by atoms with Gasteiger partial charge in [0.05, 0.1) is 18.1 Å². The van der Waals surface area contributed by atoms with Gasteiger partial charge in [0.1, 0.15) is 5.82 Å². The van der Waals surface area contributed by atoms with Gasteiger partial charge in [0.2, 0.25) is 0 Å². The smallest absolute Gasteiger partial charge is 0.123 e. The fraction of sp³-hybridized carbons (Fsp3) is 0.273. The molecule has 0 fully saturated rings.